The van der Waals surface area contributed by atoms with E-state index in [4.69, 9.17) is 10.2 Å². The van der Waals surface area contributed by atoms with Crippen LogP contribution in [0.5, 0.6) is 0 Å². The molecular weight excluding hydrogens is 282 g/mol. The fraction of sp³-hybridized carbons (Fsp3) is 0.417. The second-order valence-corrected chi connectivity index (χ2v) is 5.35. The summed E-state index contributed by atoms with van der Waals surface area (Å²) in [6.45, 7) is 4.05. The molecule has 1 atom stereocenters. The number of hydrogen-bond donors (Lipinski definition) is 3. The van der Waals surface area contributed by atoms with Crippen molar-refractivity contribution in [1.29, 1.82) is 0 Å². The summed E-state index contributed by atoms with van der Waals surface area (Å²) in [5.74, 6) is -2.32. The number of rotatable bonds is 6. The van der Waals surface area contributed by atoms with Crippen molar-refractivity contribution >= 4 is 28.2 Å². The highest BCUT2D eigenvalue weighted by Gasteiger charge is 2.21. The van der Waals surface area contributed by atoms with Crippen molar-refractivity contribution in [3.63, 3.8) is 0 Å². The smallest absolute Gasteiger partial charge is 0.321 e. The summed E-state index contributed by atoms with van der Waals surface area (Å²) in [7, 11) is 0. The fourth-order valence-electron chi connectivity index (χ4n) is 2.02. The third kappa shape index (κ3) is 2.81. The summed E-state index contributed by atoms with van der Waals surface area (Å²) in [6.07, 6.45) is -0.459. The van der Waals surface area contributed by atoms with Crippen LogP contribution in [0.1, 0.15) is 23.5 Å². The molecule has 1 unspecified atom stereocenters. The van der Waals surface area contributed by atoms with E-state index in [1.807, 2.05) is 23.6 Å². The van der Waals surface area contributed by atoms with Crippen molar-refractivity contribution in [2.45, 2.75) is 32.9 Å². The van der Waals surface area contributed by atoms with Crippen LogP contribution < -0.4 is 5.32 Å². The second-order valence-electron chi connectivity index (χ2n) is 4.51. The third-order valence-electron chi connectivity index (χ3n) is 3.02. The van der Waals surface area contributed by atoms with Crippen molar-refractivity contribution < 1.29 is 19.8 Å². The molecule has 20 heavy (non-hydrogen) atoms. The van der Waals surface area contributed by atoms with Gasteiger partial charge in [-0.2, -0.15) is 0 Å². The lowest BCUT2D eigenvalue weighted by Gasteiger charge is -2.12. The van der Waals surface area contributed by atoms with Crippen LogP contribution in [-0.4, -0.2) is 37.6 Å². The van der Waals surface area contributed by atoms with E-state index in [2.05, 4.69) is 10.3 Å². The summed E-state index contributed by atoms with van der Waals surface area (Å²) in [5, 5.41) is 22.4. The van der Waals surface area contributed by atoms with Gasteiger partial charge in [-0.05, 0) is 13.8 Å². The van der Waals surface area contributed by atoms with Crippen LogP contribution in [-0.2, 0) is 16.1 Å². The van der Waals surface area contributed by atoms with Gasteiger partial charge in [0.25, 0.3) is 0 Å². The van der Waals surface area contributed by atoms with Crippen LogP contribution in [0.2, 0.25) is 0 Å². The van der Waals surface area contributed by atoms with Gasteiger partial charge in [0.15, 0.2) is 4.96 Å². The Hall–Kier alpha value is -1.93. The number of nitrogens with zero attached hydrogens (tertiary/aromatic N) is 2. The highest BCUT2D eigenvalue weighted by atomic mass is 32.1. The number of carbonyl (C=O) groups is 2. The van der Waals surface area contributed by atoms with Gasteiger partial charge in [-0.25, -0.2) is 4.98 Å². The Bertz CT molecular complexity index is 661. The topological polar surface area (TPSA) is 104 Å². The van der Waals surface area contributed by atoms with Gasteiger partial charge in [0.2, 0.25) is 0 Å². The van der Waals surface area contributed by atoms with E-state index in [0.29, 0.717) is 0 Å². The molecule has 7 nitrogen and oxygen atoms in total. The predicted octanol–water partition coefficient (Wildman–Crippen LogP) is 1.03. The van der Waals surface area contributed by atoms with Gasteiger partial charge in [0.05, 0.1) is 17.8 Å². The van der Waals surface area contributed by atoms with Crippen LogP contribution >= 0.6 is 11.3 Å². The lowest BCUT2D eigenvalue weighted by Crippen LogP contribution is -2.38. The van der Waals surface area contributed by atoms with Gasteiger partial charge in [-0.3, -0.25) is 19.3 Å². The second kappa shape index (κ2) is 5.59. The minimum atomic E-state index is -1.17. The van der Waals surface area contributed by atoms with Crippen LogP contribution in [0.3, 0.4) is 0 Å². The van der Waals surface area contributed by atoms with Crippen LogP contribution in [0, 0.1) is 13.8 Å². The molecular formula is C12H15N3O4S. The molecule has 0 aliphatic rings. The number of aromatic nitrogens is 2. The minimum Gasteiger partial charge on any atom is -0.481 e. The van der Waals surface area contributed by atoms with Crippen molar-refractivity contribution in [1.82, 2.24) is 14.7 Å². The minimum absolute atomic E-state index is 0.259. The molecule has 0 saturated carbocycles. The summed E-state index contributed by atoms with van der Waals surface area (Å²) in [4.78, 5) is 26.9. The van der Waals surface area contributed by atoms with Crippen molar-refractivity contribution in [3.05, 3.63) is 22.5 Å². The first kappa shape index (κ1) is 14.5. The number of thiazole rings is 1. The Morgan fingerprint density at radius 3 is 2.75 bits per heavy atom. The zero-order valence-corrected chi connectivity index (χ0v) is 11.9. The molecule has 8 heteroatoms. The average molecular weight is 297 g/mol. The number of carboxylic acids is 2. The molecule has 2 aromatic rings. The molecule has 0 bridgehead atoms. The highest BCUT2D eigenvalue weighted by Crippen LogP contribution is 2.20. The van der Waals surface area contributed by atoms with Gasteiger partial charge in [-0.15, -0.1) is 11.3 Å². The first-order chi connectivity index (χ1) is 9.40. The van der Waals surface area contributed by atoms with Gasteiger partial charge in [-0.1, -0.05) is 0 Å². The van der Waals surface area contributed by atoms with E-state index >= 15 is 0 Å². The number of fused-ring (bicyclic) bond motifs is 1. The quantitative estimate of drug-likeness (QED) is 0.735. The summed E-state index contributed by atoms with van der Waals surface area (Å²) in [5.41, 5.74) is 2.69. The molecule has 0 spiro atoms. The predicted molar refractivity (Wildman–Crippen MR) is 73.1 cm³/mol. The molecule has 0 aliphatic carbocycles. The Kier molecular flexibility index (Phi) is 4.05. The van der Waals surface area contributed by atoms with Gasteiger partial charge in [0, 0.05) is 17.6 Å². The van der Waals surface area contributed by atoms with Crippen LogP contribution in [0.25, 0.3) is 4.96 Å². The molecule has 2 aromatic heterocycles. The number of aliphatic carboxylic acids is 2. The molecule has 0 radical (unpaired) electrons. The normalized spacial score (nSPS) is 12.7. The molecule has 3 N–H and O–H groups in total. The molecule has 0 amide bonds. The Morgan fingerprint density at radius 1 is 1.45 bits per heavy atom. The number of carboxylic acid groups (broad SMARTS) is 2. The van der Waals surface area contributed by atoms with Crippen molar-refractivity contribution in [2.24, 2.45) is 0 Å². The zero-order chi connectivity index (χ0) is 14.9. The van der Waals surface area contributed by atoms with Gasteiger partial charge < -0.3 is 10.2 Å². The van der Waals surface area contributed by atoms with E-state index < -0.39 is 24.4 Å². The molecule has 108 valence electrons. The van der Waals surface area contributed by atoms with E-state index in [9.17, 15) is 9.59 Å². The van der Waals surface area contributed by atoms with Crippen LogP contribution in [0.15, 0.2) is 5.38 Å². The lowest BCUT2D eigenvalue weighted by molar-refractivity contribution is -0.146. The van der Waals surface area contributed by atoms with E-state index in [0.717, 1.165) is 22.0 Å². The summed E-state index contributed by atoms with van der Waals surface area (Å²) in [6, 6.07) is -1.11. The lowest BCUT2D eigenvalue weighted by atomic mass is 10.2. The zero-order valence-electron chi connectivity index (χ0n) is 11.1. The largest absolute Gasteiger partial charge is 0.481 e. The molecule has 0 saturated heterocycles. The Morgan fingerprint density at radius 2 is 2.15 bits per heavy atom. The van der Waals surface area contributed by atoms with Gasteiger partial charge >= 0.3 is 11.9 Å². The van der Waals surface area contributed by atoms with Crippen molar-refractivity contribution in [3.8, 4) is 0 Å². The van der Waals surface area contributed by atoms with Gasteiger partial charge in [0.1, 0.15) is 6.04 Å². The summed E-state index contributed by atoms with van der Waals surface area (Å²) >= 11 is 1.51. The first-order valence-corrected chi connectivity index (χ1v) is 6.88. The molecule has 0 fully saturated rings. The van der Waals surface area contributed by atoms with Crippen LogP contribution in [0.4, 0.5) is 0 Å². The molecule has 2 heterocycles. The molecule has 2 rings (SSSR count). The van der Waals surface area contributed by atoms with E-state index in [1.165, 1.54) is 11.3 Å². The SMILES string of the molecule is Cc1nc2scc(C)n2c1CNC(CC(=O)O)C(=O)O. The van der Waals surface area contributed by atoms with E-state index in [-0.39, 0.29) is 6.54 Å². The number of aryl methyl sites for hydroxylation is 2. The van der Waals surface area contributed by atoms with E-state index in [1.54, 1.807) is 0 Å². The first-order valence-electron chi connectivity index (χ1n) is 6.00. The standard InChI is InChI=1S/C12H15N3O4S/c1-6-5-20-12-14-7(2)9(15(6)12)4-13-8(11(18)19)3-10(16)17/h5,8,13H,3-4H2,1-2H3,(H,16,17)(H,18,19). The van der Waals surface area contributed by atoms with Crippen molar-refractivity contribution in [2.75, 3.05) is 0 Å². The number of hydrogen-bond acceptors (Lipinski definition) is 5. The maximum atomic E-state index is 11.0. The maximum Gasteiger partial charge on any atom is 0.321 e. The Labute approximate surface area is 118 Å². The molecule has 0 aromatic carbocycles. The fourth-order valence-corrected chi connectivity index (χ4v) is 2.95. The average Bonchev–Trinajstić information content (AvgIpc) is 2.84. The summed E-state index contributed by atoms with van der Waals surface area (Å²) < 4.78 is 1.95. The maximum absolute atomic E-state index is 11.0. The number of nitrogens with one attached hydrogen (secondary N) is 1. The third-order valence-corrected chi connectivity index (χ3v) is 3.97. The monoisotopic (exact) mass is 297 g/mol. The highest BCUT2D eigenvalue weighted by molar-refractivity contribution is 7.15. The number of imidazole rings is 1. The Balaban J connectivity index is 2.19. The molecule has 0 aliphatic heterocycles.